The SMILES string of the molecule is CCc1cccc(C)c1NCc1csc(N)n1. The van der Waals surface area contributed by atoms with Crippen LogP contribution >= 0.6 is 11.3 Å². The summed E-state index contributed by atoms with van der Waals surface area (Å²) < 4.78 is 0. The number of anilines is 2. The van der Waals surface area contributed by atoms with Gasteiger partial charge in [0.05, 0.1) is 12.2 Å². The molecule has 2 rings (SSSR count). The normalized spacial score (nSPS) is 10.5. The van der Waals surface area contributed by atoms with E-state index in [4.69, 9.17) is 5.73 Å². The summed E-state index contributed by atoms with van der Waals surface area (Å²) in [6.07, 6.45) is 1.03. The highest BCUT2D eigenvalue weighted by atomic mass is 32.1. The lowest BCUT2D eigenvalue weighted by molar-refractivity contribution is 1.05. The van der Waals surface area contributed by atoms with Gasteiger partial charge in [0.25, 0.3) is 0 Å². The average molecular weight is 247 g/mol. The maximum atomic E-state index is 5.61. The number of nitrogens with two attached hydrogens (primary N) is 1. The van der Waals surface area contributed by atoms with Gasteiger partial charge in [0.15, 0.2) is 5.13 Å². The van der Waals surface area contributed by atoms with E-state index in [1.165, 1.54) is 28.2 Å². The largest absolute Gasteiger partial charge is 0.379 e. The molecule has 1 aromatic carbocycles. The quantitative estimate of drug-likeness (QED) is 0.872. The van der Waals surface area contributed by atoms with Crippen molar-refractivity contribution >= 4 is 22.2 Å². The van der Waals surface area contributed by atoms with E-state index in [1.54, 1.807) is 0 Å². The number of hydrogen-bond acceptors (Lipinski definition) is 4. The summed E-state index contributed by atoms with van der Waals surface area (Å²) in [5.41, 5.74) is 10.4. The van der Waals surface area contributed by atoms with Crippen molar-refractivity contribution in [3.8, 4) is 0 Å². The molecule has 90 valence electrons. The second-order valence-corrected chi connectivity index (χ2v) is 4.88. The summed E-state index contributed by atoms with van der Waals surface area (Å²) >= 11 is 1.48. The van der Waals surface area contributed by atoms with Gasteiger partial charge in [-0.15, -0.1) is 11.3 Å². The Hall–Kier alpha value is -1.55. The van der Waals surface area contributed by atoms with E-state index in [9.17, 15) is 0 Å². The molecule has 0 bridgehead atoms. The lowest BCUT2D eigenvalue weighted by Gasteiger charge is -2.12. The standard InChI is InChI=1S/C13H17N3S/c1-3-10-6-4-5-9(2)12(10)15-7-11-8-17-13(14)16-11/h4-6,8,15H,3,7H2,1-2H3,(H2,14,16). The van der Waals surface area contributed by atoms with Gasteiger partial charge in [0, 0.05) is 11.1 Å². The van der Waals surface area contributed by atoms with Crippen LogP contribution in [0.4, 0.5) is 10.8 Å². The van der Waals surface area contributed by atoms with E-state index in [0.29, 0.717) is 5.13 Å². The van der Waals surface area contributed by atoms with E-state index in [-0.39, 0.29) is 0 Å². The van der Waals surface area contributed by atoms with Gasteiger partial charge in [-0.2, -0.15) is 0 Å². The molecular weight excluding hydrogens is 230 g/mol. The fourth-order valence-electron chi connectivity index (χ4n) is 1.86. The first-order valence-electron chi connectivity index (χ1n) is 5.73. The molecule has 0 fully saturated rings. The van der Waals surface area contributed by atoms with E-state index in [0.717, 1.165) is 18.7 Å². The van der Waals surface area contributed by atoms with Crippen LogP contribution in [0.1, 0.15) is 23.7 Å². The van der Waals surface area contributed by atoms with Crippen molar-refractivity contribution in [1.29, 1.82) is 0 Å². The number of para-hydroxylation sites is 1. The third kappa shape index (κ3) is 2.77. The maximum Gasteiger partial charge on any atom is 0.180 e. The molecule has 17 heavy (non-hydrogen) atoms. The molecule has 4 heteroatoms. The van der Waals surface area contributed by atoms with Crippen LogP contribution in [0, 0.1) is 6.92 Å². The summed E-state index contributed by atoms with van der Waals surface area (Å²) in [6, 6.07) is 6.38. The van der Waals surface area contributed by atoms with Gasteiger partial charge in [0.1, 0.15) is 0 Å². The van der Waals surface area contributed by atoms with Gasteiger partial charge in [-0.25, -0.2) is 4.98 Å². The monoisotopic (exact) mass is 247 g/mol. The van der Waals surface area contributed by atoms with Crippen LogP contribution in [0.5, 0.6) is 0 Å². The third-order valence-corrected chi connectivity index (χ3v) is 3.48. The molecule has 1 heterocycles. The maximum absolute atomic E-state index is 5.61. The molecule has 0 saturated carbocycles. The molecule has 0 amide bonds. The van der Waals surface area contributed by atoms with Crippen molar-refractivity contribution in [2.75, 3.05) is 11.1 Å². The van der Waals surface area contributed by atoms with Gasteiger partial charge in [-0.1, -0.05) is 25.1 Å². The molecule has 0 aliphatic carbocycles. The number of aryl methyl sites for hydroxylation is 2. The number of nitrogen functional groups attached to an aromatic ring is 1. The van der Waals surface area contributed by atoms with Gasteiger partial charge >= 0.3 is 0 Å². The second kappa shape index (κ2) is 5.19. The van der Waals surface area contributed by atoms with Gasteiger partial charge in [0.2, 0.25) is 0 Å². The first-order valence-corrected chi connectivity index (χ1v) is 6.61. The van der Waals surface area contributed by atoms with E-state index < -0.39 is 0 Å². The summed E-state index contributed by atoms with van der Waals surface area (Å²) in [5, 5.41) is 6.07. The number of nitrogens with zero attached hydrogens (tertiary/aromatic N) is 1. The first kappa shape index (κ1) is 11.9. The van der Waals surface area contributed by atoms with E-state index in [2.05, 4.69) is 42.3 Å². The zero-order valence-electron chi connectivity index (χ0n) is 10.2. The van der Waals surface area contributed by atoms with Crippen molar-refractivity contribution in [2.24, 2.45) is 0 Å². The number of hydrogen-bond donors (Lipinski definition) is 2. The summed E-state index contributed by atoms with van der Waals surface area (Å²) in [6.45, 7) is 5.02. The smallest absolute Gasteiger partial charge is 0.180 e. The highest BCUT2D eigenvalue weighted by Gasteiger charge is 2.04. The molecule has 3 N–H and O–H groups in total. The lowest BCUT2D eigenvalue weighted by Crippen LogP contribution is -2.04. The van der Waals surface area contributed by atoms with Gasteiger partial charge < -0.3 is 11.1 Å². The van der Waals surface area contributed by atoms with Gasteiger partial charge in [-0.3, -0.25) is 0 Å². The van der Waals surface area contributed by atoms with Crippen LogP contribution in [0.15, 0.2) is 23.6 Å². The average Bonchev–Trinajstić information content (AvgIpc) is 2.73. The van der Waals surface area contributed by atoms with Crippen LogP contribution < -0.4 is 11.1 Å². The molecule has 0 saturated heterocycles. The van der Waals surface area contributed by atoms with Crippen molar-refractivity contribution < 1.29 is 0 Å². The van der Waals surface area contributed by atoms with E-state index >= 15 is 0 Å². The Bertz CT molecular complexity index is 505. The van der Waals surface area contributed by atoms with Gasteiger partial charge in [-0.05, 0) is 24.5 Å². The number of benzene rings is 1. The second-order valence-electron chi connectivity index (χ2n) is 3.99. The Balaban J connectivity index is 2.13. The molecule has 0 aliphatic heterocycles. The van der Waals surface area contributed by atoms with Crippen molar-refractivity contribution in [3.05, 3.63) is 40.4 Å². The molecule has 0 aliphatic rings. The zero-order chi connectivity index (χ0) is 12.3. The minimum Gasteiger partial charge on any atom is -0.379 e. The molecule has 0 radical (unpaired) electrons. The van der Waals surface area contributed by atoms with Crippen molar-refractivity contribution in [1.82, 2.24) is 4.98 Å². The number of thiazole rings is 1. The predicted octanol–water partition coefficient (Wildman–Crippen LogP) is 3.21. The fourth-order valence-corrected chi connectivity index (χ4v) is 2.42. The Morgan fingerprint density at radius 2 is 2.24 bits per heavy atom. The highest BCUT2D eigenvalue weighted by molar-refractivity contribution is 7.13. The molecule has 0 unspecified atom stereocenters. The van der Waals surface area contributed by atoms with Crippen LogP contribution in [-0.4, -0.2) is 4.98 Å². The molecule has 1 aromatic heterocycles. The summed E-state index contributed by atoms with van der Waals surface area (Å²) in [4.78, 5) is 4.24. The Kier molecular flexibility index (Phi) is 3.64. The molecular formula is C13H17N3S. The minimum atomic E-state index is 0.627. The number of nitrogens with one attached hydrogen (secondary N) is 1. The fraction of sp³-hybridized carbons (Fsp3) is 0.308. The van der Waals surface area contributed by atoms with Crippen LogP contribution in [0.25, 0.3) is 0 Å². The minimum absolute atomic E-state index is 0.627. The molecule has 0 atom stereocenters. The van der Waals surface area contributed by atoms with Crippen molar-refractivity contribution in [3.63, 3.8) is 0 Å². The molecule has 0 spiro atoms. The Morgan fingerprint density at radius 1 is 1.41 bits per heavy atom. The lowest BCUT2D eigenvalue weighted by atomic mass is 10.1. The number of rotatable bonds is 4. The summed E-state index contributed by atoms with van der Waals surface area (Å²) in [7, 11) is 0. The topological polar surface area (TPSA) is 50.9 Å². The number of aromatic nitrogens is 1. The third-order valence-electron chi connectivity index (χ3n) is 2.76. The zero-order valence-corrected chi connectivity index (χ0v) is 11.0. The van der Waals surface area contributed by atoms with Crippen LogP contribution in [0.3, 0.4) is 0 Å². The molecule has 3 nitrogen and oxygen atoms in total. The Morgan fingerprint density at radius 3 is 2.88 bits per heavy atom. The molecule has 2 aromatic rings. The highest BCUT2D eigenvalue weighted by Crippen LogP contribution is 2.22. The van der Waals surface area contributed by atoms with Crippen LogP contribution in [0.2, 0.25) is 0 Å². The van der Waals surface area contributed by atoms with E-state index in [1.807, 2.05) is 5.38 Å². The first-order chi connectivity index (χ1) is 8.20. The summed E-state index contributed by atoms with van der Waals surface area (Å²) in [5.74, 6) is 0. The van der Waals surface area contributed by atoms with Crippen molar-refractivity contribution in [2.45, 2.75) is 26.8 Å². The van der Waals surface area contributed by atoms with Crippen LogP contribution in [-0.2, 0) is 13.0 Å². The predicted molar refractivity (Wildman–Crippen MR) is 74.4 cm³/mol. The Labute approximate surface area is 106 Å².